The third-order valence-electron chi connectivity index (χ3n) is 4.51. The number of aromatic nitrogens is 1. The van der Waals surface area contributed by atoms with Crippen LogP contribution in [0.5, 0.6) is 0 Å². The summed E-state index contributed by atoms with van der Waals surface area (Å²) < 4.78 is 12.2. The molecule has 130 valence electrons. The minimum atomic E-state index is -4.40. The van der Waals surface area contributed by atoms with Crippen LogP contribution in [0.1, 0.15) is 58.4 Å². The van der Waals surface area contributed by atoms with E-state index in [0.29, 0.717) is 24.8 Å². The molecule has 6 heteroatoms. The van der Waals surface area contributed by atoms with Crippen LogP contribution < -0.4 is 0 Å². The molecule has 23 heavy (non-hydrogen) atoms. The molecule has 0 saturated carbocycles. The molecule has 1 aromatic heterocycles. The van der Waals surface area contributed by atoms with Crippen LogP contribution in [0.15, 0.2) is 35.9 Å². The van der Waals surface area contributed by atoms with Crippen molar-refractivity contribution in [1.82, 2.24) is 4.98 Å². The van der Waals surface area contributed by atoms with Crippen LogP contribution in [0.4, 0.5) is 0 Å². The molecule has 0 aliphatic carbocycles. The summed E-state index contributed by atoms with van der Waals surface area (Å²) in [5.41, 5.74) is 1.33. The highest BCUT2D eigenvalue weighted by Gasteiger charge is 2.47. The van der Waals surface area contributed by atoms with Crippen LogP contribution in [0.25, 0.3) is 0 Å². The first-order valence-corrected chi connectivity index (χ1v) is 9.79. The molecule has 0 saturated heterocycles. The Morgan fingerprint density at radius 2 is 1.91 bits per heavy atom. The number of aliphatic hydroxyl groups excluding tert-OH is 1. The van der Waals surface area contributed by atoms with Crippen molar-refractivity contribution >= 4 is 7.60 Å². The molecular formula is C17H28NO4P. The van der Waals surface area contributed by atoms with E-state index in [1.807, 2.05) is 13.0 Å². The fourth-order valence-electron chi connectivity index (χ4n) is 3.07. The summed E-state index contributed by atoms with van der Waals surface area (Å²) in [6.07, 6.45) is 6.32. The van der Waals surface area contributed by atoms with Gasteiger partial charge in [0.2, 0.25) is 0 Å². The smallest absolute Gasteiger partial charge is 0.335 e. The van der Waals surface area contributed by atoms with Gasteiger partial charge in [0, 0.05) is 18.8 Å². The van der Waals surface area contributed by atoms with Crippen molar-refractivity contribution in [2.75, 3.05) is 0 Å². The van der Waals surface area contributed by atoms with Gasteiger partial charge in [-0.1, -0.05) is 33.3 Å². The third-order valence-corrected chi connectivity index (χ3v) is 6.53. The quantitative estimate of drug-likeness (QED) is 0.458. The average Bonchev–Trinajstić information content (AvgIpc) is 2.51. The summed E-state index contributed by atoms with van der Waals surface area (Å²) in [6, 6.07) is 3.63. The normalized spacial score (nSPS) is 13.8. The lowest BCUT2D eigenvalue weighted by atomic mass is 9.86. The summed E-state index contributed by atoms with van der Waals surface area (Å²) in [5, 5.41) is 9.38. The highest BCUT2D eigenvalue weighted by molar-refractivity contribution is 7.53. The van der Waals surface area contributed by atoms with Crippen LogP contribution in [-0.4, -0.2) is 25.0 Å². The van der Waals surface area contributed by atoms with Crippen molar-refractivity contribution in [2.24, 2.45) is 0 Å². The van der Waals surface area contributed by atoms with Gasteiger partial charge in [0.15, 0.2) is 0 Å². The van der Waals surface area contributed by atoms with Crippen molar-refractivity contribution in [3.63, 3.8) is 0 Å². The van der Waals surface area contributed by atoms with Gasteiger partial charge in [0.1, 0.15) is 0 Å². The van der Waals surface area contributed by atoms with E-state index in [2.05, 4.69) is 4.98 Å². The highest BCUT2D eigenvalue weighted by atomic mass is 31.2. The fraction of sp³-hybridized carbons (Fsp3) is 0.588. The Kier molecular flexibility index (Phi) is 7.46. The van der Waals surface area contributed by atoms with E-state index < -0.39 is 12.8 Å². The lowest BCUT2D eigenvalue weighted by Gasteiger charge is -2.36. The van der Waals surface area contributed by atoms with Gasteiger partial charge in [-0.05, 0) is 42.9 Å². The molecule has 0 radical (unpaired) electrons. The van der Waals surface area contributed by atoms with Gasteiger partial charge in [-0.15, -0.1) is 0 Å². The molecule has 1 heterocycles. The molecule has 0 atom stereocenters. The monoisotopic (exact) mass is 341 g/mol. The van der Waals surface area contributed by atoms with Crippen LogP contribution in [0.2, 0.25) is 0 Å². The van der Waals surface area contributed by atoms with E-state index in [1.165, 1.54) is 0 Å². The van der Waals surface area contributed by atoms with Gasteiger partial charge in [-0.3, -0.25) is 9.55 Å². The predicted octanol–water partition coefficient (Wildman–Crippen LogP) is 4.36. The maximum atomic E-state index is 12.2. The van der Waals surface area contributed by atoms with Crippen LogP contribution >= 0.6 is 7.60 Å². The summed E-state index contributed by atoms with van der Waals surface area (Å²) in [6.45, 7) is 5.56. The first-order valence-electron chi connectivity index (χ1n) is 8.18. The summed E-state index contributed by atoms with van der Waals surface area (Å²) in [4.78, 5) is 24.0. The molecule has 0 bridgehead atoms. The molecule has 0 aliphatic rings. The minimum absolute atomic E-state index is 0.0680. The summed E-state index contributed by atoms with van der Waals surface area (Å²) in [5.74, 6) is 0.0680. The number of nitrogens with zero attached hydrogens (tertiary/aromatic N) is 1. The molecule has 0 fully saturated rings. The van der Waals surface area contributed by atoms with Crippen molar-refractivity contribution in [3.05, 3.63) is 41.4 Å². The molecule has 0 aliphatic heterocycles. The zero-order valence-corrected chi connectivity index (χ0v) is 15.1. The maximum Gasteiger partial charge on any atom is 0.335 e. The Bertz CT molecular complexity index is 561. The number of aliphatic hydroxyl groups is 1. The first-order chi connectivity index (χ1) is 10.8. The molecule has 0 spiro atoms. The van der Waals surface area contributed by atoms with Gasteiger partial charge in [0.05, 0.1) is 10.9 Å². The van der Waals surface area contributed by atoms with E-state index in [4.69, 9.17) is 0 Å². The molecular weight excluding hydrogens is 313 g/mol. The Labute approximate surface area is 138 Å². The largest absolute Gasteiger partial charge is 0.512 e. The summed E-state index contributed by atoms with van der Waals surface area (Å²) in [7, 11) is -4.40. The maximum absolute atomic E-state index is 12.2. The Balaban J connectivity index is 3.35. The molecule has 0 unspecified atom stereocenters. The van der Waals surface area contributed by atoms with E-state index in [9.17, 15) is 19.5 Å². The number of rotatable bonds is 9. The van der Waals surface area contributed by atoms with E-state index >= 15 is 0 Å². The van der Waals surface area contributed by atoms with Gasteiger partial charge < -0.3 is 14.9 Å². The second-order valence-electron chi connectivity index (χ2n) is 5.85. The lowest BCUT2D eigenvalue weighted by molar-refractivity contribution is 0.312. The van der Waals surface area contributed by atoms with E-state index in [0.717, 1.165) is 18.4 Å². The second kappa shape index (κ2) is 8.62. The number of unbranched alkanes of at least 4 members (excludes halogenated alkanes) is 1. The summed E-state index contributed by atoms with van der Waals surface area (Å²) >= 11 is 0. The van der Waals surface area contributed by atoms with Gasteiger partial charge in [-0.25, -0.2) is 0 Å². The van der Waals surface area contributed by atoms with Crippen LogP contribution in [0, 0.1) is 0 Å². The average molecular weight is 341 g/mol. The van der Waals surface area contributed by atoms with Crippen LogP contribution in [0.3, 0.4) is 0 Å². The van der Waals surface area contributed by atoms with Gasteiger partial charge in [0.25, 0.3) is 0 Å². The number of allylic oxidation sites excluding steroid dienone is 2. The van der Waals surface area contributed by atoms with E-state index in [1.54, 1.807) is 32.3 Å². The number of hydrogen-bond acceptors (Lipinski definition) is 3. The highest BCUT2D eigenvalue weighted by Crippen LogP contribution is 2.59. The molecule has 1 aromatic rings. The second-order valence-corrected chi connectivity index (χ2v) is 7.79. The number of pyridine rings is 1. The van der Waals surface area contributed by atoms with Crippen molar-refractivity contribution in [3.8, 4) is 0 Å². The Hall–Kier alpha value is -1.16. The fourth-order valence-corrected chi connectivity index (χ4v) is 4.48. The number of hydrogen-bond donors (Lipinski definition) is 3. The molecule has 5 nitrogen and oxygen atoms in total. The predicted molar refractivity (Wildman–Crippen MR) is 92.5 cm³/mol. The standard InChI is InChI=1S/C17H28NO4P/c1-4-7-10-15(17(5-2,6-3)23(20,21)22)16(19)12-14-9-8-11-18-13-14/h8-9,11,13,19H,4-7,10,12H2,1-3H3,(H2,20,21,22). The SMILES string of the molecule is CCCCC(=C(O)Cc1cccnc1)C(CC)(CC)P(=O)(O)O. The van der Waals surface area contributed by atoms with Crippen molar-refractivity contribution in [2.45, 2.75) is 64.5 Å². The zero-order chi connectivity index (χ0) is 17.5. The lowest BCUT2D eigenvalue weighted by Crippen LogP contribution is -2.31. The third kappa shape index (κ3) is 4.66. The molecule has 0 amide bonds. The minimum Gasteiger partial charge on any atom is -0.512 e. The van der Waals surface area contributed by atoms with E-state index in [-0.39, 0.29) is 12.2 Å². The Morgan fingerprint density at radius 3 is 2.35 bits per heavy atom. The zero-order valence-electron chi connectivity index (χ0n) is 14.2. The van der Waals surface area contributed by atoms with Crippen molar-refractivity contribution in [1.29, 1.82) is 0 Å². The first kappa shape index (κ1) is 19.9. The Morgan fingerprint density at radius 1 is 1.26 bits per heavy atom. The topological polar surface area (TPSA) is 90.7 Å². The molecule has 0 aromatic carbocycles. The molecule has 3 N–H and O–H groups in total. The molecule has 1 rings (SSSR count). The van der Waals surface area contributed by atoms with Crippen LogP contribution in [-0.2, 0) is 11.0 Å². The van der Waals surface area contributed by atoms with Gasteiger partial charge >= 0.3 is 7.60 Å². The van der Waals surface area contributed by atoms with Crippen molar-refractivity contribution < 1.29 is 19.5 Å². The van der Waals surface area contributed by atoms with Gasteiger partial charge in [-0.2, -0.15) is 0 Å².